The molecule has 0 bridgehead atoms. The third-order valence-electron chi connectivity index (χ3n) is 6.42. The largest absolute Gasteiger partial charge is 0.355 e. The number of nitrogens with zero attached hydrogens (tertiary/aromatic N) is 2. The van der Waals surface area contributed by atoms with Gasteiger partial charge in [0.2, 0.25) is 15.9 Å². The van der Waals surface area contributed by atoms with Crippen molar-refractivity contribution in [2.75, 3.05) is 18.4 Å². The summed E-state index contributed by atoms with van der Waals surface area (Å²) in [7, 11) is -3.94. The van der Waals surface area contributed by atoms with E-state index >= 15 is 0 Å². The fourth-order valence-electron chi connectivity index (χ4n) is 4.36. The fraction of sp³-hybridized carbons (Fsp3) is 0.333. The van der Waals surface area contributed by atoms with E-state index in [1.807, 2.05) is 51.1 Å². The molecule has 2 heterocycles. The topological polar surface area (TPSA) is 92.5 Å². The van der Waals surface area contributed by atoms with Gasteiger partial charge in [0, 0.05) is 13.1 Å². The maximum Gasteiger partial charge on any atom is 0.248 e. The molecular formula is C27H30ClN3O4S. The van der Waals surface area contributed by atoms with Crippen LogP contribution in [-0.4, -0.2) is 36.9 Å². The van der Waals surface area contributed by atoms with Crippen LogP contribution in [0.3, 0.4) is 0 Å². The summed E-state index contributed by atoms with van der Waals surface area (Å²) in [5, 5.41) is 7.23. The van der Waals surface area contributed by atoms with Gasteiger partial charge in [0.05, 0.1) is 16.6 Å². The van der Waals surface area contributed by atoms with E-state index in [2.05, 4.69) is 10.5 Å². The highest BCUT2D eigenvalue weighted by Gasteiger charge is 2.37. The van der Waals surface area contributed by atoms with Crippen molar-refractivity contribution >= 4 is 45.4 Å². The van der Waals surface area contributed by atoms with Gasteiger partial charge in [-0.2, -0.15) is 4.31 Å². The average molecular weight is 528 g/mol. The zero-order valence-electron chi connectivity index (χ0n) is 20.8. The van der Waals surface area contributed by atoms with E-state index in [9.17, 15) is 13.2 Å². The van der Waals surface area contributed by atoms with E-state index in [1.165, 1.54) is 4.31 Å². The van der Waals surface area contributed by atoms with E-state index in [1.54, 1.807) is 25.1 Å². The smallest absolute Gasteiger partial charge is 0.248 e. The summed E-state index contributed by atoms with van der Waals surface area (Å²) in [4.78, 5) is 13.0. The second-order valence-electron chi connectivity index (χ2n) is 9.33. The number of aryl methyl sites for hydroxylation is 4. The maximum absolute atomic E-state index is 13.7. The monoisotopic (exact) mass is 527 g/mol. The number of hydrogen-bond donors (Lipinski definition) is 1. The molecule has 0 saturated carbocycles. The number of carbonyl (C=O) groups is 1. The second-order valence-corrected chi connectivity index (χ2v) is 11.6. The number of sulfonamides is 1. The highest BCUT2D eigenvalue weighted by molar-refractivity contribution is 7.89. The van der Waals surface area contributed by atoms with Crippen molar-refractivity contribution in [2.45, 2.75) is 45.4 Å². The van der Waals surface area contributed by atoms with E-state index in [4.69, 9.17) is 16.1 Å². The molecule has 9 heteroatoms. The summed E-state index contributed by atoms with van der Waals surface area (Å²) in [5.74, 6) is -0.579. The summed E-state index contributed by atoms with van der Waals surface area (Å²) in [5.41, 5.74) is 4.92. The van der Waals surface area contributed by atoms with E-state index < -0.39 is 15.9 Å². The first-order chi connectivity index (χ1) is 17.1. The van der Waals surface area contributed by atoms with Gasteiger partial charge in [-0.05, 0) is 75.4 Å². The van der Waals surface area contributed by atoms with Gasteiger partial charge in [-0.1, -0.05) is 52.7 Å². The van der Waals surface area contributed by atoms with Crippen molar-refractivity contribution in [3.05, 3.63) is 75.1 Å². The van der Waals surface area contributed by atoms with Crippen LogP contribution in [0.4, 0.5) is 5.69 Å². The van der Waals surface area contributed by atoms with E-state index in [0.29, 0.717) is 30.1 Å². The Bertz CT molecular complexity index is 1430. The van der Waals surface area contributed by atoms with Crippen molar-refractivity contribution in [2.24, 2.45) is 5.92 Å². The maximum atomic E-state index is 13.7. The normalized spacial score (nSPS) is 17.0. The third kappa shape index (κ3) is 5.56. The summed E-state index contributed by atoms with van der Waals surface area (Å²) >= 11 is 6.26. The minimum absolute atomic E-state index is 0.0340. The van der Waals surface area contributed by atoms with E-state index in [-0.39, 0.29) is 28.8 Å². The summed E-state index contributed by atoms with van der Waals surface area (Å²) < 4.78 is 34.1. The van der Waals surface area contributed by atoms with Crippen molar-refractivity contribution in [3.63, 3.8) is 0 Å². The zero-order chi connectivity index (χ0) is 26.0. The Kier molecular flexibility index (Phi) is 7.68. The predicted molar refractivity (Wildman–Crippen MR) is 142 cm³/mol. The number of piperidine rings is 1. The number of carbonyl (C=O) groups excluding carboxylic acids is 1. The van der Waals surface area contributed by atoms with Crippen LogP contribution in [-0.2, 0) is 14.8 Å². The first-order valence-electron chi connectivity index (χ1n) is 11.8. The molecule has 0 aliphatic carbocycles. The van der Waals surface area contributed by atoms with Gasteiger partial charge in [0.15, 0.2) is 10.7 Å². The molecule has 1 aliphatic heterocycles. The molecule has 1 amide bonds. The summed E-state index contributed by atoms with van der Waals surface area (Å²) in [6, 6.07) is 11.5. The van der Waals surface area contributed by atoms with Crippen LogP contribution >= 0.6 is 11.6 Å². The number of nitrogens with one attached hydrogen (secondary N) is 1. The van der Waals surface area contributed by atoms with Gasteiger partial charge in [-0.25, -0.2) is 8.42 Å². The standard InChI is InChI=1S/C27H30ClN3O4S/c1-17-7-9-19(3)21(14-17)10-12-25-26(20(4)30-35-25)36(33,34)31-13-5-6-22(16-31)27(32)29-24-11-8-18(2)15-23(24)28/h7-12,14-15,22H,5-6,13,16H2,1-4H3,(H,29,32)/b12-10+/t22-/m1/s1. The zero-order valence-corrected chi connectivity index (χ0v) is 22.4. The lowest BCUT2D eigenvalue weighted by atomic mass is 9.98. The van der Waals surface area contributed by atoms with Crippen molar-refractivity contribution in [1.29, 1.82) is 0 Å². The molecule has 190 valence electrons. The lowest BCUT2D eigenvalue weighted by Crippen LogP contribution is -2.43. The van der Waals surface area contributed by atoms with Crippen LogP contribution in [0, 0.1) is 33.6 Å². The number of amides is 1. The van der Waals surface area contributed by atoms with Gasteiger partial charge in [-0.3, -0.25) is 4.79 Å². The second kappa shape index (κ2) is 10.6. The molecule has 7 nitrogen and oxygen atoms in total. The molecule has 1 saturated heterocycles. The Balaban J connectivity index is 1.55. The Morgan fingerprint density at radius 1 is 1.11 bits per heavy atom. The van der Waals surface area contributed by atoms with Crippen LogP contribution in [0.15, 0.2) is 45.8 Å². The molecule has 2 aromatic carbocycles. The highest BCUT2D eigenvalue weighted by Crippen LogP contribution is 2.31. The number of rotatable bonds is 6. The van der Waals surface area contributed by atoms with Crippen molar-refractivity contribution in [3.8, 4) is 0 Å². The lowest BCUT2D eigenvalue weighted by molar-refractivity contribution is -0.120. The molecule has 36 heavy (non-hydrogen) atoms. The molecule has 1 fully saturated rings. The molecule has 1 atom stereocenters. The first kappa shape index (κ1) is 26.1. The van der Waals surface area contributed by atoms with Gasteiger partial charge in [0.25, 0.3) is 0 Å². The van der Waals surface area contributed by atoms with Crippen LogP contribution in [0.25, 0.3) is 12.2 Å². The molecule has 1 aliphatic rings. The van der Waals surface area contributed by atoms with Gasteiger partial charge < -0.3 is 9.84 Å². The minimum Gasteiger partial charge on any atom is -0.355 e. The molecule has 1 aromatic heterocycles. The Morgan fingerprint density at radius 3 is 2.58 bits per heavy atom. The van der Waals surface area contributed by atoms with Crippen molar-refractivity contribution in [1.82, 2.24) is 9.46 Å². The molecule has 3 aromatic rings. The SMILES string of the molecule is Cc1ccc(NC(=O)[C@@H]2CCCN(S(=O)(=O)c3c(C)noc3/C=C/c3cc(C)ccc3C)C2)c(Cl)c1. The number of anilines is 1. The van der Waals surface area contributed by atoms with Crippen LogP contribution < -0.4 is 5.32 Å². The summed E-state index contributed by atoms with van der Waals surface area (Å²) in [6.45, 7) is 7.91. The highest BCUT2D eigenvalue weighted by atomic mass is 35.5. The molecule has 0 radical (unpaired) electrons. The average Bonchev–Trinajstić information content (AvgIpc) is 3.22. The van der Waals surface area contributed by atoms with E-state index in [0.717, 1.165) is 22.3 Å². The Morgan fingerprint density at radius 2 is 1.83 bits per heavy atom. The van der Waals surface area contributed by atoms with Crippen molar-refractivity contribution < 1.29 is 17.7 Å². The molecule has 4 rings (SSSR count). The summed E-state index contributed by atoms with van der Waals surface area (Å²) in [6.07, 6.45) is 4.63. The molecule has 0 spiro atoms. The van der Waals surface area contributed by atoms with Crippen LogP contribution in [0.2, 0.25) is 5.02 Å². The Labute approximate surface area is 217 Å². The number of hydrogen-bond acceptors (Lipinski definition) is 5. The number of benzene rings is 2. The first-order valence-corrected chi connectivity index (χ1v) is 13.7. The van der Waals surface area contributed by atoms with Crippen LogP contribution in [0.1, 0.15) is 46.5 Å². The minimum atomic E-state index is -3.94. The fourth-order valence-corrected chi connectivity index (χ4v) is 6.42. The predicted octanol–water partition coefficient (Wildman–Crippen LogP) is 5.77. The molecular weight excluding hydrogens is 498 g/mol. The van der Waals surface area contributed by atoms with Gasteiger partial charge >= 0.3 is 0 Å². The van der Waals surface area contributed by atoms with Gasteiger partial charge in [-0.15, -0.1) is 0 Å². The number of halogens is 1. The van der Waals surface area contributed by atoms with Crippen LogP contribution in [0.5, 0.6) is 0 Å². The lowest BCUT2D eigenvalue weighted by Gasteiger charge is -2.31. The molecule has 1 N–H and O–H groups in total. The quantitative estimate of drug-likeness (QED) is 0.439. The molecule has 0 unspecified atom stereocenters. The Hall–Kier alpha value is -2.94. The van der Waals surface area contributed by atoms with Gasteiger partial charge in [0.1, 0.15) is 5.69 Å². The number of aromatic nitrogens is 1. The third-order valence-corrected chi connectivity index (χ3v) is 8.75.